The molecule has 0 radical (unpaired) electrons. The molecule has 0 aliphatic heterocycles. The quantitative estimate of drug-likeness (QED) is 0.486. The molecule has 0 atom stereocenters. The van der Waals surface area contributed by atoms with Crippen LogP contribution in [-0.4, -0.2) is 38.5 Å². The molecule has 150 valence electrons. The van der Waals surface area contributed by atoms with Crippen LogP contribution in [0.15, 0.2) is 67.3 Å². The molecule has 3 aromatic heterocycles. The summed E-state index contributed by atoms with van der Waals surface area (Å²) in [4.78, 5) is 21.9. The van der Waals surface area contributed by atoms with Gasteiger partial charge in [-0.3, -0.25) is 4.98 Å². The van der Waals surface area contributed by atoms with Gasteiger partial charge in [0.2, 0.25) is 5.95 Å². The SMILES string of the molecule is CNc1nc(NCCc2cccnc2)ncc1-c1ccnc(-c2cccc(F)c2)n1. The lowest BCUT2D eigenvalue weighted by Gasteiger charge is -2.11. The summed E-state index contributed by atoms with van der Waals surface area (Å²) in [5.41, 5.74) is 3.13. The first kappa shape index (κ1) is 19.4. The van der Waals surface area contributed by atoms with Crippen molar-refractivity contribution in [3.05, 3.63) is 78.6 Å². The summed E-state index contributed by atoms with van der Waals surface area (Å²) < 4.78 is 13.6. The minimum atomic E-state index is -0.331. The van der Waals surface area contributed by atoms with Crippen molar-refractivity contribution in [2.24, 2.45) is 0 Å². The van der Waals surface area contributed by atoms with Gasteiger partial charge in [0.05, 0.1) is 11.3 Å². The second-order valence-electron chi connectivity index (χ2n) is 6.52. The van der Waals surface area contributed by atoms with E-state index in [1.54, 1.807) is 43.8 Å². The second kappa shape index (κ2) is 9.04. The van der Waals surface area contributed by atoms with Crippen LogP contribution in [0.3, 0.4) is 0 Å². The Bertz CT molecular complexity index is 1140. The smallest absolute Gasteiger partial charge is 0.224 e. The molecule has 0 saturated carbocycles. The molecule has 8 heteroatoms. The zero-order valence-electron chi connectivity index (χ0n) is 16.4. The molecule has 0 bridgehead atoms. The van der Waals surface area contributed by atoms with E-state index < -0.39 is 0 Å². The summed E-state index contributed by atoms with van der Waals surface area (Å²) in [5.74, 6) is 1.26. The Morgan fingerprint density at radius 3 is 2.70 bits per heavy atom. The van der Waals surface area contributed by atoms with Crippen molar-refractivity contribution >= 4 is 11.8 Å². The average Bonchev–Trinajstić information content (AvgIpc) is 2.80. The summed E-state index contributed by atoms with van der Waals surface area (Å²) >= 11 is 0. The first-order valence-electron chi connectivity index (χ1n) is 9.50. The largest absolute Gasteiger partial charge is 0.372 e. The minimum Gasteiger partial charge on any atom is -0.372 e. The maximum atomic E-state index is 13.6. The van der Waals surface area contributed by atoms with Gasteiger partial charge in [-0.05, 0) is 36.2 Å². The van der Waals surface area contributed by atoms with E-state index in [4.69, 9.17) is 0 Å². The number of aromatic nitrogens is 5. The predicted molar refractivity (Wildman–Crippen MR) is 114 cm³/mol. The Morgan fingerprint density at radius 2 is 1.90 bits per heavy atom. The van der Waals surface area contributed by atoms with Gasteiger partial charge < -0.3 is 10.6 Å². The Hall–Kier alpha value is -3.94. The molecule has 0 saturated heterocycles. The van der Waals surface area contributed by atoms with Gasteiger partial charge in [-0.1, -0.05) is 18.2 Å². The molecule has 3 heterocycles. The number of halogens is 1. The van der Waals surface area contributed by atoms with E-state index in [1.807, 2.05) is 18.3 Å². The molecule has 4 aromatic rings. The Labute approximate surface area is 173 Å². The van der Waals surface area contributed by atoms with Crippen molar-refractivity contribution in [2.75, 3.05) is 24.2 Å². The normalized spacial score (nSPS) is 10.6. The highest BCUT2D eigenvalue weighted by Crippen LogP contribution is 2.26. The molecular weight excluding hydrogens is 381 g/mol. The van der Waals surface area contributed by atoms with Crippen molar-refractivity contribution < 1.29 is 4.39 Å². The number of hydrogen-bond acceptors (Lipinski definition) is 7. The summed E-state index contributed by atoms with van der Waals surface area (Å²) in [7, 11) is 1.79. The Morgan fingerprint density at radius 1 is 0.967 bits per heavy atom. The number of nitrogens with zero attached hydrogens (tertiary/aromatic N) is 5. The van der Waals surface area contributed by atoms with Gasteiger partial charge in [0, 0.05) is 43.9 Å². The first-order chi connectivity index (χ1) is 14.7. The Kier molecular flexibility index (Phi) is 5.84. The predicted octanol–water partition coefficient (Wildman–Crippen LogP) is 3.83. The molecule has 0 fully saturated rings. The third kappa shape index (κ3) is 4.54. The fraction of sp³-hybridized carbons (Fsp3) is 0.136. The molecule has 0 aliphatic carbocycles. The van der Waals surface area contributed by atoms with Gasteiger partial charge in [-0.25, -0.2) is 19.3 Å². The van der Waals surface area contributed by atoms with E-state index in [-0.39, 0.29) is 5.82 Å². The first-order valence-corrected chi connectivity index (χ1v) is 9.50. The third-order valence-electron chi connectivity index (χ3n) is 4.46. The number of pyridine rings is 1. The fourth-order valence-electron chi connectivity index (χ4n) is 2.99. The van der Waals surface area contributed by atoms with Gasteiger partial charge in [-0.2, -0.15) is 4.98 Å². The van der Waals surface area contributed by atoms with Crippen molar-refractivity contribution in [3.8, 4) is 22.6 Å². The lowest BCUT2D eigenvalue weighted by molar-refractivity contribution is 0.628. The highest BCUT2D eigenvalue weighted by Gasteiger charge is 2.12. The zero-order valence-corrected chi connectivity index (χ0v) is 16.4. The van der Waals surface area contributed by atoms with Crippen LogP contribution < -0.4 is 10.6 Å². The lowest BCUT2D eigenvalue weighted by atomic mass is 10.1. The van der Waals surface area contributed by atoms with Crippen LogP contribution in [0.4, 0.5) is 16.2 Å². The zero-order chi connectivity index (χ0) is 20.8. The molecule has 30 heavy (non-hydrogen) atoms. The summed E-state index contributed by atoms with van der Waals surface area (Å²) in [6.07, 6.45) is 7.77. The molecular formula is C22H20FN7. The summed E-state index contributed by atoms with van der Waals surface area (Å²) in [6, 6.07) is 11.9. The third-order valence-corrected chi connectivity index (χ3v) is 4.46. The number of anilines is 2. The standard InChI is InChI=1S/C22H20FN7/c1-24-21-18(14-28-22(30-21)27-10-7-15-4-3-9-25-13-15)19-8-11-26-20(29-19)16-5-2-6-17(23)12-16/h2-6,8-9,11-14H,7,10H2,1H3,(H2,24,27,28,30). The highest BCUT2D eigenvalue weighted by atomic mass is 19.1. The van der Waals surface area contributed by atoms with Crippen molar-refractivity contribution in [3.63, 3.8) is 0 Å². The van der Waals surface area contributed by atoms with E-state index in [0.29, 0.717) is 35.4 Å². The molecule has 2 N–H and O–H groups in total. The number of benzene rings is 1. The van der Waals surface area contributed by atoms with E-state index >= 15 is 0 Å². The molecule has 7 nitrogen and oxygen atoms in total. The lowest BCUT2D eigenvalue weighted by Crippen LogP contribution is -2.10. The van der Waals surface area contributed by atoms with E-state index in [0.717, 1.165) is 17.5 Å². The van der Waals surface area contributed by atoms with Crippen LogP contribution in [0.5, 0.6) is 0 Å². The van der Waals surface area contributed by atoms with Crippen molar-refractivity contribution in [1.82, 2.24) is 24.9 Å². The van der Waals surface area contributed by atoms with E-state index in [1.165, 1.54) is 12.1 Å². The molecule has 0 spiro atoms. The van der Waals surface area contributed by atoms with Crippen LogP contribution in [0.1, 0.15) is 5.56 Å². The molecule has 4 rings (SSSR count). The van der Waals surface area contributed by atoms with E-state index in [2.05, 4.69) is 35.6 Å². The second-order valence-corrected chi connectivity index (χ2v) is 6.52. The maximum Gasteiger partial charge on any atom is 0.224 e. The van der Waals surface area contributed by atoms with Crippen LogP contribution in [0.25, 0.3) is 22.6 Å². The highest BCUT2D eigenvalue weighted by molar-refractivity contribution is 5.73. The Balaban J connectivity index is 1.54. The van der Waals surface area contributed by atoms with Crippen LogP contribution in [0.2, 0.25) is 0 Å². The van der Waals surface area contributed by atoms with Gasteiger partial charge >= 0.3 is 0 Å². The van der Waals surface area contributed by atoms with Crippen molar-refractivity contribution in [2.45, 2.75) is 6.42 Å². The summed E-state index contributed by atoms with van der Waals surface area (Å²) in [6.45, 7) is 0.686. The average molecular weight is 401 g/mol. The van der Waals surface area contributed by atoms with Gasteiger partial charge in [0.25, 0.3) is 0 Å². The van der Waals surface area contributed by atoms with Crippen LogP contribution in [0, 0.1) is 5.82 Å². The van der Waals surface area contributed by atoms with Crippen LogP contribution in [-0.2, 0) is 6.42 Å². The number of nitrogens with one attached hydrogen (secondary N) is 2. The molecule has 1 aromatic carbocycles. The molecule has 0 aliphatic rings. The monoisotopic (exact) mass is 401 g/mol. The summed E-state index contributed by atoms with van der Waals surface area (Å²) in [5, 5.41) is 6.31. The molecule has 0 amide bonds. The topological polar surface area (TPSA) is 88.5 Å². The number of hydrogen-bond donors (Lipinski definition) is 2. The maximum absolute atomic E-state index is 13.6. The van der Waals surface area contributed by atoms with Gasteiger partial charge in [0.1, 0.15) is 11.6 Å². The van der Waals surface area contributed by atoms with Gasteiger partial charge in [-0.15, -0.1) is 0 Å². The number of rotatable bonds is 7. The van der Waals surface area contributed by atoms with E-state index in [9.17, 15) is 4.39 Å². The van der Waals surface area contributed by atoms with Crippen LogP contribution >= 0.6 is 0 Å². The fourth-order valence-corrected chi connectivity index (χ4v) is 2.99. The molecule has 0 unspecified atom stereocenters. The van der Waals surface area contributed by atoms with Gasteiger partial charge in [0.15, 0.2) is 5.82 Å². The minimum absolute atomic E-state index is 0.331. The van der Waals surface area contributed by atoms with Crippen molar-refractivity contribution in [1.29, 1.82) is 0 Å².